The second-order valence-electron chi connectivity index (χ2n) is 6.00. The van der Waals surface area contributed by atoms with Gasteiger partial charge in [-0.2, -0.15) is 0 Å². The van der Waals surface area contributed by atoms with Crippen molar-refractivity contribution in [3.8, 4) is 0 Å². The summed E-state index contributed by atoms with van der Waals surface area (Å²) in [5.41, 5.74) is -0.458. The zero-order valence-electron chi connectivity index (χ0n) is 14.8. The van der Waals surface area contributed by atoms with Gasteiger partial charge in [0.2, 0.25) is 0 Å². The Morgan fingerprint density at radius 2 is 1.86 bits per heavy atom. The lowest BCUT2D eigenvalue weighted by atomic mass is 10.2. The van der Waals surface area contributed by atoms with Gasteiger partial charge < -0.3 is 20.7 Å². The molecule has 1 atom stereocenters. The van der Waals surface area contributed by atoms with Crippen molar-refractivity contribution in [2.45, 2.75) is 66.0 Å². The number of hydrogen-bond donors (Lipinski definition) is 3. The first-order valence-electron chi connectivity index (χ1n) is 7.80. The van der Waals surface area contributed by atoms with E-state index >= 15 is 0 Å². The predicted molar refractivity (Wildman–Crippen MR) is 103 cm³/mol. The van der Waals surface area contributed by atoms with Crippen LogP contribution in [0.15, 0.2) is 4.99 Å². The molecular weight excluding hydrogens is 395 g/mol. The molecule has 1 unspecified atom stereocenters. The Morgan fingerprint density at radius 1 is 1.23 bits per heavy atom. The van der Waals surface area contributed by atoms with Gasteiger partial charge in [-0.25, -0.2) is 4.79 Å². The fraction of sp³-hybridized carbons (Fsp3) is 0.867. The van der Waals surface area contributed by atoms with E-state index in [9.17, 15) is 4.79 Å². The molecule has 0 spiro atoms. The maximum absolute atomic E-state index is 11.4. The van der Waals surface area contributed by atoms with Gasteiger partial charge in [-0.3, -0.25) is 4.99 Å². The van der Waals surface area contributed by atoms with E-state index in [1.54, 1.807) is 0 Å². The van der Waals surface area contributed by atoms with Crippen molar-refractivity contribution in [1.29, 1.82) is 0 Å². The summed E-state index contributed by atoms with van der Waals surface area (Å²) < 4.78 is 5.16. The van der Waals surface area contributed by atoms with Crippen LogP contribution >= 0.6 is 24.0 Å². The summed E-state index contributed by atoms with van der Waals surface area (Å²) in [6.45, 7) is 13.9. The van der Waals surface area contributed by atoms with Crippen LogP contribution < -0.4 is 16.0 Å². The third kappa shape index (κ3) is 14.2. The van der Waals surface area contributed by atoms with Crippen molar-refractivity contribution in [1.82, 2.24) is 16.0 Å². The molecule has 0 aromatic heterocycles. The average molecular weight is 428 g/mol. The Kier molecular flexibility index (Phi) is 13.7. The first-order chi connectivity index (χ1) is 9.78. The molecule has 3 N–H and O–H groups in total. The van der Waals surface area contributed by atoms with E-state index in [0.717, 1.165) is 25.3 Å². The minimum absolute atomic E-state index is 0. The average Bonchev–Trinajstić information content (AvgIpc) is 2.36. The van der Waals surface area contributed by atoms with E-state index in [2.05, 4.69) is 34.8 Å². The number of ether oxygens (including phenoxy) is 1. The maximum atomic E-state index is 11.4. The summed E-state index contributed by atoms with van der Waals surface area (Å²) in [6, 6.07) is 0.391. The van der Waals surface area contributed by atoms with Crippen molar-refractivity contribution >= 4 is 36.0 Å². The topological polar surface area (TPSA) is 74.8 Å². The van der Waals surface area contributed by atoms with Gasteiger partial charge in [0.05, 0.1) is 0 Å². The number of carbonyl (C=O) groups is 1. The van der Waals surface area contributed by atoms with E-state index in [1.165, 1.54) is 0 Å². The molecule has 0 heterocycles. The van der Waals surface area contributed by atoms with E-state index in [4.69, 9.17) is 4.74 Å². The molecule has 6 nitrogen and oxygen atoms in total. The fourth-order valence-corrected chi connectivity index (χ4v) is 1.43. The highest BCUT2D eigenvalue weighted by atomic mass is 127. The van der Waals surface area contributed by atoms with Gasteiger partial charge in [0.1, 0.15) is 5.60 Å². The lowest BCUT2D eigenvalue weighted by molar-refractivity contribution is 0.0527. The number of rotatable bonds is 7. The molecule has 0 saturated carbocycles. The predicted octanol–water partition coefficient (Wildman–Crippen LogP) is 2.87. The summed E-state index contributed by atoms with van der Waals surface area (Å²) >= 11 is 0. The summed E-state index contributed by atoms with van der Waals surface area (Å²) in [5.74, 6) is 0.823. The number of nitrogens with one attached hydrogen (secondary N) is 3. The van der Waals surface area contributed by atoms with Gasteiger partial charge in [0.25, 0.3) is 0 Å². The lowest BCUT2D eigenvalue weighted by Crippen LogP contribution is -2.42. The van der Waals surface area contributed by atoms with Crippen LogP contribution in [0.25, 0.3) is 0 Å². The Labute approximate surface area is 152 Å². The summed E-state index contributed by atoms with van der Waals surface area (Å²) in [7, 11) is 0. The van der Waals surface area contributed by atoms with Crippen LogP contribution in [0.2, 0.25) is 0 Å². The van der Waals surface area contributed by atoms with Gasteiger partial charge in [-0.05, 0) is 47.5 Å². The van der Waals surface area contributed by atoms with Gasteiger partial charge >= 0.3 is 6.09 Å². The molecule has 132 valence electrons. The van der Waals surface area contributed by atoms with Crippen LogP contribution in [0.4, 0.5) is 4.79 Å². The largest absolute Gasteiger partial charge is 0.444 e. The standard InChI is InChI=1S/C15H32N4O2.HI/c1-7-12(3)19-13(16-8-2)17-10-9-11-18-14(20)21-15(4,5)6;/h12H,7-11H2,1-6H3,(H,18,20)(H2,16,17,19);1H. The second kappa shape index (κ2) is 12.8. The summed E-state index contributed by atoms with van der Waals surface area (Å²) in [4.78, 5) is 15.9. The smallest absolute Gasteiger partial charge is 0.407 e. The Morgan fingerprint density at radius 3 is 2.36 bits per heavy atom. The van der Waals surface area contributed by atoms with Crippen LogP contribution in [0.3, 0.4) is 0 Å². The van der Waals surface area contributed by atoms with Gasteiger partial charge in [0, 0.05) is 25.7 Å². The van der Waals surface area contributed by atoms with Crippen molar-refractivity contribution in [3.05, 3.63) is 0 Å². The zero-order chi connectivity index (χ0) is 16.3. The first kappa shape index (κ1) is 23.5. The van der Waals surface area contributed by atoms with Crippen LogP contribution in [-0.4, -0.2) is 43.3 Å². The number of guanidine groups is 1. The molecule has 0 aliphatic carbocycles. The third-order valence-corrected chi connectivity index (χ3v) is 2.61. The zero-order valence-corrected chi connectivity index (χ0v) is 17.1. The highest BCUT2D eigenvalue weighted by molar-refractivity contribution is 14.0. The summed E-state index contributed by atoms with van der Waals surface area (Å²) in [5, 5.41) is 9.26. The SMILES string of the molecule is CCNC(=NCCCNC(=O)OC(C)(C)C)NC(C)CC.I. The van der Waals surface area contributed by atoms with Gasteiger partial charge in [0.15, 0.2) is 5.96 Å². The lowest BCUT2D eigenvalue weighted by Gasteiger charge is -2.19. The van der Waals surface area contributed by atoms with Crippen molar-refractivity contribution < 1.29 is 9.53 Å². The number of halogens is 1. The van der Waals surface area contributed by atoms with E-state index in [-0.39, 0.29) is 30.1 Å². The van der Waals surface area contributed by atoms with E-state index < -0.39 is 5.60 Å². The fourth-order valence-electron chi connectivity index (χ4n) is 1.43. The molecule has 0 aliphatic rings. The van der Waals surface area contributed by atoms with Crippen LogP contribution in [0.1, 0.15) is 54.4 Å². The third-order valence-electron chi connectivity index (χ3n) is 2.61. The molecule has 1 amide bonds. The Bertz CT molecular complexity index is 330. The quantitative estimate of drug-likeness (QED) is 0.252. The molecule has 0 bridgehead atoms. The van der Waals surface area contributed by atoms with Gasteiger partial charge in [-0.1, -0.05) is 6.92 Å². The molecule has 0 aromatic rings. The highest BCUT2D eigenvalue weighted by Gasteiger charge is 2.15. The number of hydrogen-bond acceptors (Lipinski definition) is 3. The molecule has 0 saturated heterocycles. The van der Waals surface area contributed by atoms with Crippen LogP contribution in [-0.2, 0) is 4.74 Å². The summed E-state index contributed by atoms with van der Waals surface area (Å²) in [6.07, 6.45) is 1.44. The first-order valence-corrected chi connectivity index (χ1v) is 7.80. The molecule has 0 aliphatic heterocycles. The monoisotopic (exact) mass is 428 g/mol. The maximum Gasteiger partial charge on any atom is 0.407 e. The molecule has 22 heavy (non-hydrogen) atoms. The normalized spacial score (nSPS) is 12.9. The molecule has 0 rings (SSSR count). The van der Waals surface area contributed by atoms with Crippen LogP contribution in [0, 0.1) is 0 Å². The minimum atomic E-state index is -0.458. The number of carbonyl (C=O) groups excluding carboxylic acids is 1. The Balaban J connectivity index is 0. The molecule has 0 aromatic carbocycles. The number of alkyl carbamates (subject to hydrolysis) is 1. The van der Waals surface area contributed by atoms with Crippen LogP contribution in [0.5, 0.6) is 0 Å². The number of amides is 1. The molecular formula is C15H33IN4O2. The minimum Gasteiger partial charge on any atom is -0.444 e. The second-order valence-corrected chi connectivity index (χ2v) is 6.00. The van der Waals surface area contributed by atoms with Crippen molar-refractivity contribution in [2.24, 2.45) is 4.99 Å². The van der Waals surface area contributed by atoms with E-state index in [1.807, 2.05) is 27.7 Å². The molecule has 0 fully saturated rings. The highest BCUT2D eigenvalue weighted by Crippen LogP contribution is 2.06. The van der Waals surface area contributed by atoms with Crippen molar-refractivity contribution in [2.75, 3.05) is 19.6 Å². The van der Waals surface area contributed by atoms with E-state index in [0.29, 0.717) is 19.1 Å². The van der Waals surface area contributed by atoms with Crippen molar-refractivity contribution in [3.63, 3.8) is 0 Å². The Hall–Kier alpha value is -0.730. The molecule has 7 heteroatoms. The molecule has 0 radical (unpaired) electrons. The van der Waals surface area contributed by atoms with Gasteiger partial charge in [-0.15, -0.1) is 24.0 Å². The number of nitrogens with zero attached hydrogens (tertiary/aromatic N) is 1. The number of aliphatic imine (C=N–C) groups is 1.